The fourth-order valence-corrected chi connectivity index (χ4v) is 4.55. The summed E-state index contributed by atoms with van der Waals surface area (Å²) in [6, 6.07) is 8.83. The predicted molar refractivity (Wildman–Crippen MR) is 91.2 cm³/mol. The first kappa shape index (κ1) is 14.8. The molecule has 0 saturated carbocycles. The molecule has 0 aromatic heterocycles. The molecule has 2 fully saturated rings. The molecule has 21 heavy (non-hydrogen) atoms. The Balaban J connectivity index is 1.70. The molecule has 3 rings (SSSR count). The molecule has 1 unspecified atom stereocenters. The molecule has 1 N–H and O–H groups in total. The third kappa shape index (κ3) is 3.54. The zero-order chi connectivity index (χ0) is 14.9. The molecule has 114 valence electrons. The summed E-state index contributed by atoms with van der Waals surface area (Å²) >= 11 is 2.03. The van der Waals surface area contributed by atoms with Gasteiger partial charge in [-0.3, -0.25) is 4.79 Å². The Bertz CT molecular complexity index is 529. The molecule has 1 atom stereocenters. The highest BCUT2D eigenvalue weighted by atomic mass is 32.2. The summed E-state index contributed by atoms with van der Waals surface area (Å²) in [5, 5.41) is 3.66. The molecule has 0 radical (unpaired) electrons. The Morgan fingerprint density at radius 2 is 2.24 bits per heavy atom. The Kier molecular flexibility index (Phi) is 4.16. The lowest BCUT2D eigenvalue weighted by Crippen LogP contribution is -2.35. The van der Waals surface area contributed by atoms with Crippen LogP contribution in [-0.4, -0.2) is 30.0 Å². The SMILES string of the molecule is CC1(C)CSCC(Nc2cccc(N3CCCC3=O)c2)C1. The predicted octanol–water partition coefficient (Wildman–Crippen LogP) is 3.76. The minimum atomic E-state index is 0.251. The molecule has 1 aromatic rings. The molecular weight excluding hydrogens is 280 g/mol. The van der Waals surface area contributed by atoms with E-state index >= 15 is 0 Å². The molecule has 3 nitrogen and oxygen atoms in total. The number of hydrogen-bond donors (Lipinski definition) is 1. The number of carbonyl (C=O) groups excluding carboxylic acids is 1. The van der Waals surface area contributed by atoms with Gasteiger partial charge in [-0.05, 0) is 42.2 Å². The average molecular weight is 304 g/mol. The summed E-state index contributed by atoms with van der Waals surface area (Å²) < 4.78 is 0. The lowest BCUT2D eigenvalue weighted by Gasteiger charge is -2.35. The van der Waals surface area contributed by atoms with Gasteiger partial charge in [0.05, 0.1) is 0 Å². The van der Waals surface area contributed by atoms with Gasteiger partial charge in [-0.2, -0.15) is 11.8 Å². The van der Waals surface area contributed by atoms with Gasteiger partial charge in [0, 0.05) is 36.1 Å². The highest BCUT2D eigenvalue weighted by Crippen LogP contribution is 2.35. The lowest BCUT2D eigenvalue weighted by molar-refractivity contribution is -0.117. The molecule has 0 bridgehead atoms. The number of benzene rings is 1. The number of nitrogens with zero attached hydrogens (tertiary/aromatic N) is 1. The van der Waals surface area contributed by atoms with Crippen LogP contribution in [0.4, 0.5) is 11.4 Å². The topological polar surface area (TPSA) is 32.3 Å². The van der Waals surface area contributed by atoms with Gasteiger partial charge in [0.1, 0.15) is 0 Å². The summed E-state index contributed by atoms with van der Waals surface area (Å²) in [6.07, 6.45) is 2.86. The van der Waals surface area contributed by atoms with Gasteiger partial charge in [0.2, 0.25) is 5.91 Å². The summed E-state index contributed by atoms with van der Waals surface area (Å²) in [5.74, 6) is 2.66. The molecule has 0 aliphatic carbocycles. The van der Waals surface area contributed by atoms with Gasteiger partial charge in [0.15, 0.2) is 0 Å². The van der Waals surface area contributed by atoms with E-state index in [0.29, 0.717) is 17.9 Å². The van der Waals surface area contributed by atoms with Crippen LogP contribution < -0.4 is 10.2 Å². The fourth-order valence-electron chi connectivity index (χ4n) is 3.28. The van der Waals surface area contributed by atoms with Crippen molar-refractivity contribution in [2.45, 2.75) is 39.2 Å². The van der Waals surface area contributed by atoms with E-state index in [-0.39, 0.29) is 5.91 Å². The lowest BCUT2D eigenvalue weighted by atomic mass is 9.88. The number of thioether (sulfide) groups is 1. The van der Waals surface area contributed by atoms with E-state index in [0.717, 1.165) is 30.1 Å². The molecule has 0 spiro atoms. The van der Waals surface area contributed by atoms with Crippen LogP contribution in [0.3, 0.4) is 0 Å². The average Bonchev–Trinajstić information content (AvgIpc) is 2.84. The molecule has 4 heteroatoms. The number of carbonyl (C=O) groups is 1. The van der Waals surface area contributed by atoms with E-state index in [9.17, 15) is 4.79 Å². The maximum absolute atomic E-state index is 11.9. The smallest absolute Gasteiger partial charge is 0.227 e. The van der Waals surface area contributed by atoms with Gasteiger partial charge in [-0.25, -0.2) is 0 Å². The number of hydrogen-bond acceptors (Lipinski definition) is 3. The fraction of sp³-hybridized carbons (Fsp3) is 0.588. The van der Waals surface area contributed by atoms with Crippen LogP contribution in [0, 0.1) is 5.41 Å². The van der Waals surface area contributed by atoms with Crippen molar-refractivity contribution < 1.29 is 4.79 Å². The minimum Gasteiger partial charge on any atom is -0.381 e. The molecule has 2 aliphatic rings. The number of rotatable bonds is 3. The Morgan fingerprint density at radius 3 is 2.95 bits per heavy atom. The van der Waals surface area contributed by atoms with Gasteiger partial charge < -0.3 is 10.2 Å². The largest absolute Gasteiger partial charge is 0.381 e. The third-order valence-electron chi connectivity index (χ3n) is 4.21. The summed E-state index contributed by atoms with van der Waals surface area (Å²) in [6.45, 7) is 5.54. The van der Waals surface area contributed by atoms with Crippen molar-refractivity contribution >= 4 is 29.0 Å². The summed E-state index contributed by atoms with van der Waals surface area (Å²) in [7, 11) is 0. The van der Waals surface area contributed by atoms with E-state index in [1.54, 1.807) is 0 Å². The number of amides is 1. The Hall–Kier alpha value is -1.16. The van der Waals surface area contributed by atoms with Crippen LogP contribution in [0.5, 0.6) is 0 Å². The van der Waals surface area contributed by atoms with Crippen molar-refractivity contribution in [3.63, 3.8) is 0 Å². The molecule has 2 aliphatic heterocycles. The maximum atomic E-state index is 11.9. The van der Waals surface area contributed by atoms with Gasteiger partial charge in [-0.1, -0.05) is 19.9 Å². The summed E-state index contributed by atoms with van der Waals surface area (Å²) in [4.78, 5) is 13.8. The van der Waals surface area contributed by atoms with Crippen LogP contribution in [0.1, 0.15) is 33.1 Å². The third-order valence-corrected chi connectivity index (χ3v) is 5.84. The number of anilines is 2. The van der Waals surface area contributed by atoms with Crippen LogP contribution in [-0.2, 0) is 4.79 Å². The van der Waals surface area contributed by atoms with Gasteiger partial charge in [-0.15, -0.1) is 0 Å². The quantitative estimate of drug-likeness (QED) is 0.923. The first-order valence-electron chi connectivity index (χ1n) is 7.78. The van der Waals surface area contributed by atoms with Crippen molar-refractivity contribution in [2.75, 3.05) is 28.3 Å². The second-order valence-electron chi connectivity index (χ2n) is 6.92. The molecule has 2 saturated heterocycles. The highest BCUT2D eigenvalue weighted by molar-refractivity contribution is 7.99. The molecule has 1 aromatic carbocycles. The van der Waals surface area contributed by atoms with Crippen molar-refractivity contribution in [1.82, 2.24) is 0 Å². The number of nitrogens with one attached hydrogen (secondary N) is 1. The van der Waals surface area contributed by atoms with E-state index in [1.165, 1.54) is 12.2 Å². The van der Waals surface area contributed by atoms with Crippen molar-refractivity contribution in [3.8, 4) is 0 Å². The monoisotopic (exact) mass is 304 g/mol. The molecule has 1 amide bonds. The van der Waals surface area contributed by atoms with Crippen LogP contribution in [0.2, 0.25) is 0 Å². The summed E-state index contributed by atoms with van der Waals surface area (Å²) in [5.41, 5.74) is 2.57. The van der Waals surface area contributed by atoms with E-state index < -0.39 is 0 Å². The van der Waals surface area contributed by atoms with E-state index in [2.05, 4.69) is 31.3 Å². The van der Waals surface area contributed by atoms with Crippen LogP contribution in [0.15, 0.2) is 24.3 Å². The Morgan fingerprint density at radius 1 is 1.38 bits per heavy atom. The normalized spacial score (nSPS) is 25.1. The zero-order valence-corrected chi connectivity index (χ0v) is 13.7. The van der Waals surface area contributed by atoms with Gasteiger partial charge in [0.25, 0.3) is 0 Å². The standard InChI is InChI=1S/C17H24N2OS/c1-17(2)10-14(11-21-12-17)18-13-5-3-6-15(9-13)19-8-4-7-16(19)20/h3,5-6,9,14,18H,4,7-8,10-12H2,1-2H3. The highest BCUT2D eigenvalue weighted by Gasteiger charge is 2.28. The van der Waals surface area contributed by atoms with Crippen molar-refractivity contribution in [3.05, 3.63) is 24.3 Å². The van der Waals surface area contributed by atoms with E-state index in [1.807, 2.05) is 28.8 Å². The first-order chi connectivity index (χ1) is 10.0. The van der Waals surface area contributed by atoms with Crippen molar-refractivity contribution in [1.29, 1.82) is 0 Å². The van der Waals surface area contributed by atoms with E-state index in [4.69, 9.17) is 0 Å². The van der Waals surface area contributed by atoms with Crippen LogP contribution >= 0.6 is 11.8 Å². The second-order valence-corrected chi connectivity index (χ2v) is 7.95. The second kappa shape index (κ2) is 5.91. The van der Waals surface area contributed by atoms with Crippen molar-refractivity contribution in [2.24, 2.45) is 5.41 Å². The molecular formula is C17H24N2OS. The zero-order valence-electron chi connectivity index (χ0n) is 12.9. The maximum Gasteiger partial charge on any atom is 0.227 e. The Labute approximate surface area is 131 Å². The first-order valence-corrected chi connectivity index (χ1v) is 8.94. The minimum absolute atomic E-state index is 0.251. The van der Waals surface area contributed by atoms with Crippen LogP contribution in [0.25, 0.3) is 0 Å². The van der Waals surface area contributed by atoms with Gasteiger partial charge >= 0.3 is 0 Å². The molecule has 2 heterocycles.